The minimum Gasteiger partial charge on any atom is -0.493 e. The Morgan fingerprint density at radius 1 is 1.23 bits per heavy atom. The fraction of sp³-hybridized carbons (Fsp3) is 0.588. The van der Waals surface area contributed by atoms with Gasteiger partial charge in [-0.1, -0.05) is 0 Å². The summed E-state index contributed by atoms with van der Waals surface area (Å²) in [6.45, 7) is 7.67. The maximum Gasteiger partial charge on any atom is 0.163 e. The average Bonchev–Trinajstić information content (AvgIpc) is 2.45. The molecule has 122 valence electrons. The molecule has 0 bridgehead atoms. The normalized spacial score (nSPS) is 14.1. The Hall–Kier alpha value is -1.80. The zero-order chi connectivity index (χ0) is 16.9. The fourth-order valence-electron chi connectivity index (χ4n) is 2.59. The number of halogens is 1. The van der Waals surface area contributed by atoms with Gasteiger partial charge in [0.15, 0.2) is 11.5 Å². The second kappa shape index (κ2) is 7.46. The van der Waals surface area contributed by atoms with E-state index >= 15 is 0 Å². The van der Waals surface area contributed by atoms with Crippen molar-refractivity contribution in [2.45, 2.75) is 46.2 Å². The van der Waals surface area contributed by atoms with Gasteiger partial charge in [-0.2, -0.15) is 5.26 Å². The summed E-state index contributed by atoms with van der Waals surface area (Å²) >= 11 is 0. The number of hydrogen-bond acceptors (Lipinski definition) is 4. The van der Waals surface area contributed by atoms with Crippen molar-refractivity contribution < 1.29 is 13.9 Å². The van der Waals surface area contributed by atoms with Gasteiger partial charge in [0.1, 0.15) is 5.82 Å². The number of nitrogens with zero attached hydrogens (tertiary/aromatic N) is 1. The van der Waals surface area contributed by atoms with E-state index in [4.69, 9.17) is 14.7 Å². The molecule has 2 atom stereocenters. The van der Waals surface area contributed by atoms with Crippen LogP contribution in [0.25, 0.3) is 0 Å². The van der Waals surface area contributed by atoms with Gasteiger partial charge in [0.25, 0.3) is 0 Å². The molecule has 1 aromatic rings. The van der Waals surface area contributed by atoms with Crippen molar-refractivity contribution in [1.29, 1.82) is 5.26 Å². The Morgan fingerprint density at radius 2 is 1.77 bits per heavy atom. The van der Waals surface area contributed by atoms with E-state index in [1.165, 1.54) is 20.3 Å². The highest BCUT2D eigenvalue weighted by molar-refractivity contribution is 5.44. The zero-order valence-corrected chi connectivity index (χ0v) is 14.2. The maximum absolute atomic E-state index is 14.2. The van der Waals surface area contributed by atoms with Crippen LogP contribution in [-0.4, -0.2) is 20.3 Å². The second-order valence-corrected chi connectivity index (χ2v) is 6.22. The molecule has 0 saturated carbocycles. The molecule has 0 heterocycles. The molecule has 0 aliphatic rings. The molecular weight excluding hydrogens is 283 g/mol. The quantitative estimate of drug-likeness (QED) is 0.832. The number of benzene rings is 1. The molecule has 0 spiro atoms. The summed E-state index contributed by atoms with van der Waals surface area (Å²) in [5.41, 5.74) is 0.0988. The number of hydrogen-bond donors (Lipinski definition) is 1. The summed E-state index contributed by atoms with van der Waals surface area (Å²) in [5.74, 6) is 0.525. The smallest absolute Gasteiger partial charge is 0.163 e. The molecule has 0 aliphatic heterocycles. The van der Waals surface area contributed by atoms with Gasteiger partial charge in [-0.15, -0.1) is 0 Å². The Kier molecular flexibility index (Phi) is 6.19. The minimum absolute atomic E-state index is 0.0807. The average molecular weight is 308 g/mol. The van der Waals surface area contributed by atoms with E-state index in [9.17, 15) is 4.39 Å². The standard InChI is InChI=1S/C17H25FN2O2/c1-11(9-17(3,4)10-19)20-12(2)13-7-15(21-5)16(22-6)8-14(13)18/h7-8,11-12,20H,9H2,1-6H3/t11-,12-/m0/s1. The molecule has 5 heteroatoms. The van der Waals surface area contributed by atoms with Crippen molar-refractivity contribution in [3.05, 3.63) is 23.5 Å². The number of ether oxygens (including phenoxy) is 2. The number of methoxy groups -OCH3 is 2. The van der Waals surface area contributed by atoms with Gasteiger partial charge in [-0.05, 0) is 40.2 Å². The zero-order valence-electron chi connectivity index (χ0n) is 14.2. The first kappa shape index (κ1) is 18.2. The van der Waals surface area contributed by atoms with Gasteiger partial charge in [0.05, 0.1) is 25.7 Å². The van der Waals surface area contributed by atoms with E-state index in [0.29, 0.717) is 23.5 Å². The molecule has 1 rings (SSSR count). The van der Waals surface area contributed by atoms with Crippen LogP contribution in [-0.2, 0) is 0 Å². The van der Waals surface area contributed by atoms with Gasteiger partial charge in [0, 0.05) is 23.7 Å². The molecule has 4 nitrogen and oxygen atoms in total. The van der Waals surface area contributed by atoms with Crippen molar-refractivity contribution in [2.24, 2.45) is 5.41 Å². The third kappa shape index (κ3) is 4.60. The van der Waals surface area contributed by atoms with Crippen LogP contribution >= 0.6 is 0 Å². The van der Waals surface area contributed by atoms with E-state index in [-0.39, 0.29) is 17.9 Å². The van der Waals surface area contributed by atoms with Crippen molar-refractivity contribution >= 4 is 0 Å². The van der Waals surface area contributed by atoms with Gasteiger partial charge in [-0.3, -0.25) is 0 Å². The van der Waals surface area contributed by atoms with Crippen molar-refractivity contribution in [1.82, 2.24) is 5.32 Å². The molecule has 0 saturated heterocycles. The topological polar surface area (TPSA) is 54.3 Å². The van der Waals surface area contributed by atoms with Crippen LogP contribution in [0.15, 0.2) is 12.1 Å². The van der Waals surface area contributed by atoms with Crippen LogP contribution in [0.4, 0.5) is 4.39 Å². The molecule has 1 aromatic carbocycles. The van der Waals surface area contributed by atoms with Crippen molar-refractivity contribution in [3.8, 4) is 17.6 Å². The highest BCUT2D eigenvalue weighted by atomic mass is 19.1. The monoisotopic (exact) mass is 308 g/mol. The molecule has 0 amide bonds. The van der Waals surface area contributed by atoms with Gasteiger partial charge in [-0.25, -0.2) is 4.39 Å². The molecule has 1 N–H and O–H groups in total. The summed E-state index contributed by atoms with van der Waals surface area (Å²) in [6.07, 6.45) is 0.683. The number of nitriles is 1. The van der Waals surface area contributed by atoms with E-state index < -0.39 is 5.41 Å². The van der Waals surface area contributed by atoms with E-state index in [1.807, 2.05) is 27.7 Å². The second-order valence-electron chi connectivity index (χ2n) is 6.22. The summed E-state index contributed by atoms with van der Waals surface area (Å²) in [6, 6.07) is 5.13. The summed E-state index contributed by atoms with van der Waals surface area (Å²) in [4.78, 5) is 0. The SMILES string of the molecule is COc1cc(F)c([C@H](C)N[C@@H](C)CC(C)(C)C#N)cc1OC. The Balaban J connectivity index is 2.90. The third-order valence-corrected chi connectivity index (χ3v) is 3.62. The first-order valence-electron chi connectivity index (χ1n) is 7.32. The molecular formula is C17H25FN2O2. The van der Waals surface area contributed by atoms with Crippen molar-refractivity contribution in [3.63, 3.8) is 0 Å². The largest absolute Gasteiger partial charge is 0.493 e. The lowest BCUT2D eigenvalue weighted by Gasteiger charge is -2.26. The van der Waals surface area contributed by atoms with Crippen LogP contribution in [0, 0.1) is 22.6 Å². The number of rotatable bonds is 7. The van der Waals surface area contributed by atoms with Gasteiger partial charge >= 0.3 is 0 Å². The predicted octanol–water partition coefficient (Wildman–Crippen LogP) is 3.82. The summed E-state index contributed by atoms with van der Waals surface area (Å²) < 4.78 is 24.5. The van der Waals surface area contributed by atoms with E-state index in [1.54, 1.807) is 6.07 Å². The molecule has 0 unspecified atom stereocenters. The Bertz CT molecular complexity index is 552. The minimum atomic E-state index is -0.414. The van der Waals surface area contributed by atoms with Crippen LogP contribution in [0.1, 0.15) is 45.7 Å². The van der Waals surface area contributed by atoms with Crippen LogP contribution in [0.3, 0.4) is 0 Å². The first-order valence-corrected chi connectivity index (χ1v) is 7.32. The van der Waals surface area contributed by atoms with E-state index in [2.05, 4.69) is 11.4 Å². The molecule has 0 aromatic heterocycles. The molecule has 0 aliphatic carbocycles. The lowest BCUT2D eigenvalue weighted by atomic mass is 9.87. The van der Waals surface area contributed by atoms with Crippen LogP contribution in [0.5, 0.6) is 11.5 Å². The predicted molar refractivity (Wildman–Crippen MR) is 84.5 cm³/mol. The third-order valence-electron chi connectivity index (χ3n) is 3.62. The van der Waals surface area contributed by atoms with Crippen molar-refractivity contribution in [2.75, 3.05) is 14.2 Å². The fourth-order valence-corrected chi connectivity index (χ4v) is 2.59. The molecule has 22 heavy (non-hydrogen) atoms. The Morgan fingerprint density at radius 3 is 2.27 bits per heavy atom. The highest BCUT2D eigenvalue weighted by Crippen LogP contribution is 2.33. The summed E-state index contributed by atoms with van der Waals surface area (Å²) in [5, 5.41) is 12.4. The maximum atomic E-state index is 14.2. The van der Waals surface area contributed by atoms with Gasteiger partial charge in [0.2, 0.25) is 0 Å². The lowest BCUT2D eigenvalue weighted by Crippen LogP contribution is -2.33. The molecule has 0 radical (unpaired) electrons. The first-order chi connectivity index (χ1) is 10.2. The molecule has 0 fully saturated rings. The Labute approximate surface area is 132 Å². The summed E-state index contributed by atoms with van der Waals surface area (Å²) in [7, 11) is 3.00. The van der Waals surface area contributed by atoms with Gasteiger partial charge < -0.3 is 14.8 Å². The number of nitrogens with one attached hydrogen (secondary N) is 1. The highest BCUT2D eigenvalue weighted by Gasteiger charge is 2.23. The van der Waals surface area contributed by atoms with E-state index in [0.717, 1.165) is 0 Å². The van der Waals surface area contributed by atoms with Crippen LogP contribution in [0.2, 0.25) is 0 Å². The van der Waals surface area contributed by atoms with Crippen LogP contribution < -0.4 is 14.8 Å². The lowest BCUT2D eigenvalue weighted by molar-refractivity contribution is 0.339.